The van der Waals surface area contributed by atoms with Crippen molar-refractivity contribution in [2.45, 2.75) is 25.0 Å². The predicted octanol–water partition coefficient (Wildman–Crippen LogP) is 1.02. The van der Waals surface area contributed by atoms with Gasteiger partial charge in [0, 0.05) is 0 Å². The molecule has 0 aliphatic rings. The van der Waals surface area contributed by atoms with Crippen LogP contribution in [-0.4, -0.2) is 27.2 Å². The van der Waals surface area contributed by atoms with Crippen molar-refractivity contribution in [3.8, 4) is 0 Å². The van der Waals surface area contributed by atoms with E-state index in [9.17, 15) is 0 Å². The van der Waals surface area contributed by atoms with Crippen LogP contribution < -0.4 is 0 Å². The van der Waals surface area contributed by atoms with Crippen molar-refractivity contribution in [3.63, 3.8) is 0 Å². The van der Waals surface area contributed by atoms with Crippen molar-refractivity contribution in [3.05, 3.63) is 0 Å². The third kappa shape index (κ3) is 21.3. The maximum absolute atomic E-state index is 2.70. The van der Waals surface area contributed by atoms with Gasteiger partial charge in [0.15, 0.2) is 0 Å². The molecule has 0 amide bonds. The quantitative estimate of drug-likeness (QED) is 0.508. The molecule has 0 radical (unpaired) electrons. The molecule has 2 N–H and O–H groups in total. The second kappa shape index (κ2) is 16.1. The fraction of sp³-hybridized carbons (Fsp3) is 1.00. The summed E-state index contributed by atoms with van der Waals surface area (Å²) in [6, 6.07) is 0. The third-order valence-electron chi connectivity index (χ3n) is 0.558. The summed E-state index contributed by atoms with van der Waals surface area (Å²) in [7, 11) is 0. The zero-order chi connectivity index (χ0) is 4.12. The van der Waals surface area contributed by atoms with Crippen LogP contribution in [0.4, 0.5) is 0 Å². The molecule has 0 aliphatic carbocycles. The van der Waals surface area contributed by atoms with Gasteiger partial charge in [0.1, 0.15) is 0 Å². The molecule has 0 atom stereocenters. The molecule has 0 bridgehead atoms. The number of hydrogen-bond acceptors (Lipinski definition) is 2. The summed E-state index contributed by atoms with van der Waals surface area (Å²) in [5.41, 5.74) is 0. The summed E-state index contributed by atoms with van der Waals surface area (Å²) in [4.78, 5) is 0. The van der Waals surface area contributed by atoms with Crippen LogP contribution in [0.25, 0.3) is 0 Å². The van der Waals surface area contributed by atoms with E-state index in [2.05, 4.69) is 23.2 Å². The van der Waals surface area contributed by atoms with Crippen LogP contribution in [0.2, 0.25) is 5.28 Å². The van der Waals surface area contributed by atoms with E-state index in [4.69, 9.17) is 0 Å². The summed E-state index contributed by atoms with van der Waals surface area (Å²) in [5.74, 6) is 0. The van der Waals surface area contributed by atoms with E-state index in [0.717, 1.165) is 0 Å². The Kier molecular flexibility index (Phi) is 36.0. The van der Waals surface area contributed by atoms with Gasteiger partial charge in [-0.15, -0.1) is 0 Å². The Labute approximate surface area is 53.0 Å². The van der Waals surface area contributed by atoms with Crippen molar-refractivity contribution in [2.24, 2.45) is 0 Å². The number of unbranched alkanes of at least 4 members (excludes halogenated alkanes) is 1. The first-order valence-corrected chi connectivity index (χ1v) is 2.93. The molecule has 0 fully saturated rings. The van der Waals surface area contributed by atoms with Crippen LogP contribution in [0, 0.1) is 0 Å². The Morgan fingerprint density at radius 2 is 1.71 bits per heavy atom. The first kappa shape index (κ1) is 15.7. The molecule has 2 nitrogen and oxygen atoms in total. The third-order valence-corrected chi connectivity index (χ3v) is 0.966. The summed E-state index contributed by atoms with van der Waals surface area (Å²) in [5, 5.41) is 1.26. The van der Waals surface area contributed by atoms with E-state index in [-0.39, 0.29) is 11.0 Å². The number of hydrogen-bond donors (Lipinski definition) is 0. The Hall–Kier alpha value is 0.452. The van der Waals surface area contributed by atoms with Crippen LogP contribution in [0.5, 0.6) is 0 Å². The molecule has 0 unspecified atom stereocenters. The Balaban J connectivity index is -0.0000000800. The molecule has 0 aromatic heterocycles. The Morgan fingerprint density at radius 1 is 1.29 bits per heavy atom. The van der Waals surface area contributed by atoms with E-state index >= 15 is 0 Å². The topological polar surface area (TPSA) is 60.0 Å². The monoisotopic (exact) mass is 118 g/mol. The van der Waals surface area contributed by atoms with E-state index < -0.39 is 0 Å². The van der Waals surface area contributed by atoms with Gasteiger partial charge >= 0.3 is 41.3 Å². The second-order valence-electron chi connectivity index (χ2n) is 1.14. The molecular weight excluding hydrogens is 107 g/mol. The summed E-state index contributed by atoms with van der Waals surface area (Å²) < 4.78 is 0. The zero-order valence-corrected chi connectivity index (χ0v) is 5.75. The van der Waals surface area contributed by atoms with Crippen LogP contribution in [0.15, 0.2) is 0 Å². The van der Waals surface area contributed by atoms with Gasteiger partial charge in [-0.25, -0.2) is 0 Å². The van der Waals surface area contributed by atoms with E-state index in [1.54, 1.807) is 0 Å². The molecule has 3 heteroatoms. The van der Waals surface area contributed by atoms with Gasteiger partial charge in [-0.3, -0.25) is 0 Å². The second-order valence-corrected chi connectivity index (χ2v) is 1.72. The minimum absolute atomic E-state index is 0. The molecular formula is C4H11AlO2. The minimum atomic E-state index is 0. The van der Waals surface area contributed by atoms with Crippen LogP contribution in [-0.2, 0) is 0 Å². The number of rotatable bonds is 2. The van der Waals surface area contributed by atoms with E-state index in [1.807, 2.05) is 0 Å². The van der Waals surface area contributed by atoms with Crippen LogP contribution >= 0.6 is 0 Å². The van der Waals surface area contributed by atoms with Crippen molar-refractivity contribution < 1.29 is 11.0 Å². The van der Waals surface area contributed by atoms with Crippen molar-refractivity contribution in [1.29, 1.82) is 0 Å². The zero-order valence-electron chi connectivity index (χ0n) is 4.59. The van der Waals surface area contributed by atoms with Crippen molar-refractivity contribution in [2.75, 3.05) is 0 Å². The largest absolute Gasteiger partial charge is 0.870 e. The van der Waals surface area contributed by atoms with Crippen molar-refractivity contribution in [1.82, 2.24) is 0 Å². The first-order valence-electron chi connectivity index (χ1n) is 2.12. The molecule has 0 aromatic rings. The summed E-state index contributed by atoms with van der Waals surface area (Å²) in [6.07, 6.45) is 2.67. The average molecular weight is 118 g/mol. The molecule has 0 aliphatic heterocycles. The predicted molar refractivity (Wildman–Crippen MR) is 29.3 cm³/mol. The van der Waals surface area contributed by atoms with E-state index in [0.29, 0.717) is 0 Å². The maximum atomic E-state index is 2.70. The van der Waals surface area contributed by atoms with Gasteiger partial charge in [0.05, 0.1) is 0 Å². The van der Waals surface area contributed by atoms with Crippen LogP contribution in [0.3, 0.4) is 0 Å². The van der Waals surface area contributed by atoms with Gasteiger partial charge in [0.25, 0.3) is 0 Å². The van der Waals surface area contributed by atoms with Gasteiger partial charge in [-0.2, -0.15) is 0 Å². The summed E-state index contributed by atoms with van der Waals surface area (Å²) in [6.45, 7) is 2.20. The smallest absolute Gasteiger partial charge is 0.870 e. The van der Waals surface area contributed by atoms with Gasteiger partial charge < -0.3 is 11.0 Å². The van der Waals surface area contributed by atoms with Gasteiger partial charge in [0.2, 0.25) is 0 Å². The molecule has 0 aromatic carbocycles. The standard InChI is InChI=1S/C4H9.Al.2H2O/c1-3-4-2;;;/h1,3-4H2,2H3;;2*1H2/q;+2;;/p-2. The molecule has 0 heterocycles. The van der Waals surface area contributed by atoms with Gasteiger partial charge in [-0.05, 0) is 0 Å². The molecule has 42 valence electrons. The molecule has 0 rings (SSSR count). The molecule has 0 spiro atoms. The normalized spacial score (nSPS) is 6.14. The van der Waals surface area contributed by atoms with Crippen LogP contribution in [0.1, 0.15) is 19.8 Å². The fourth-order valence-corrected chi connectivity index (χ4v) is 0.612. The van der Waals surface area contributed by atoms with Crippen molar-refractivity contribution >= 4 is 16.3 Å². The fourth-order valence-electron chi connectivity index (χ4n) is 0.204. The Morgan fingerprint density at radius 3 is 1.71 bits per heavy atom. The average Bonchev–Trinajstić information content (AvgIpc) is 1.41. The SMILES string of the molecule is CCC[CH2][Al+2].[OH-].[OH-]. The van der Waals surface area contributed by atoms with E-state index in [1.165, 1.54) is 18.1 Å². The molecule has 0 saturated carbocycles. The summed E-state index contributed by atoms with van der Waals surface area (Å²) >= 11 is 2.70. The first-order chi connectivity index (χ1) is 2.41. The maximum Gasteiger partial charge on any atom is -0.870 e. The molecule has 0 saturated heterocycles. The Bertz CT molecular complexity index is 17.2. The minimum Gasteiger partial charge on any atom is -0.870 e. The molecule has 7 heavy (non-hydrogen) atoms. The van der Waals surface area contributed by atoms with Gasteiger partial charge in [-0.1, -0.05) is 0 Å².